The average molecular weight is 348 g/mol. The van der Waals surface area contributed by atoms with Crippen LogP contribution in [0, 0.1) is 0 Å². The number of carbonyl (C=O) groups is 1. The molecule has 0 aliphatic carbocycles. The van der Waals surface area contributed by atoms with Crippen LogP contribution in [0.25, 0.3) is 5.69 Å². The van der Waals surface area contributed by atoms with E-state index >= 15 is 0 Å². The van der Waals surface area contributed by atoms with Crippen molar-refractivity contribution in [2.45, 2.75) is 0 Å². The summed E-state index contributed by atoms with van der Waals surface area (Å²) in [6, 6.07) is 10.1. The molecule has 0 atom stereocenters. The van der Waals surface area contributed by atoms with E-state index in [9.17, 15) is 4.79 Å². The number of hydrogen-bond acceptors (Lipinski definition) is 4. The molecule has 0 saturated carbocycles. The smallest absolute Gasteiger partial charge is 0.255 e. The average Bonchev–Trinajstić information content (AvgIpc) is 3.07. The summed E-state index contributed by atoms with van der Waals surface area (Å²) in [5.74, 6) is -0.302. The van der Waals surface area contributed by atoms with E-state index in [4.69, 9.17) is 28.9 Å². The highest BCUT2D eigenvalue weighted by Gasteiger charge is 2.10. The number of hydrogen-bond donors (Lipinski definition) is 2. The Labute approximate surface area is 141 Å². The molecule has 23 heavy (non-hydrogen) atoms. The van der Waals surface area contributed by atoms with Crippen molar-refractivity contribution in [3.05, 3.63) is 64.7 Å². The minimum atomic E-state index is -0.302. The van der Waals surface area contributed by atoms with Crippen LogP contribution >= 0.6 is 23.2 Å². The van der Waals surface area contributed by atoms with Gasteiger partial charge in [-0.2, -0.15) is 5.10 Å². The number of carbonyl (C=O) groups excluding carboxylic acids is 1. The molecule has 0 spiro atoms. The highest BCUT2D eigenvalue weighted by atomic mass is 35.5. The first kappa shape index (κ1) is 15.3. The van der Waals surface area contributed by atoms with Gasteiger partial charge in [-0.15, -0.1) is 0 Å². The highest BCUT2D eigenvalue weighted by Crippen LogP contribution is 2.31. The molecule has 6 nitrogen and oxygen atoms in total. The number of amides is 1. The van der Waals surface area contributed by atoms with Gasteiger partial charge in [0.2, 0.25) is 0 Å². The van der Waals surface area contributed by atoms with Gasteiger partial charge in [0.25, 0.3) is 5.91 Å². The van der Waals surface area contributed by atoms with E-state index < -0.39 is 0 Å². The van der Waals surface area contributed by atoms with E-state index in [1.54, 1.807) is 41.3 Å². The van der Waals surface area contributed by atoms with Crippen molar-refractivity contribution in [1.82, 2.24) is 14.8 Å². The first-order valence-electron chi connectivity index (χ1n) is 6.55. The maximum atomic E-state index is 12.4. The normalized spacial score (nSPS) is 10.5. The molecule has 116 valence electrons. The van der Waals surface area contributed by atoms with E-state index in [-0.39, 0.29) is 21.6 Å². The van der Waals surface area contributed by atoms with Crippen LogP contribution < -0.4 is 11.1 Å². The molecular weight excluding hydrogens is 337 g/mol. The molecule has 8 heteroatoms. The third-order valence-corrected chi connectivity index (χ3v) is 3.75. The van der Waals surface area contributed by atoms with Crippen molar-refractivity contribution in [2.24, 2.45) is 0 Å². The van der Waals surface area contributed by atoms with Crippen LogP contribution in [0.2, 0.25) is 10.0 Å². The summed E-state index contributed by atoms with van der Waals surface area (Å²) in [5, 5.41) is 7.32. The lowest BCUT2D eigenvalue weighted by atomic mass is 10.2. The summed E-state index contributed by atoms with van der Waals surface area (Å²) in [5.41, 5.74) is 7.60. The van der Waals surface area contributed by atoms with E-state index in [0.29, 0.717) is 11.3 Å². The van der Waals surface area contributed by atoms with Crippen LogP contribution in [-0.4, -0.2) is 20.7 Å². The molecule has 0 bridgehead atoms. The van der Waals surface area contributed by atoms with Gasteiger partial charge in [-0.3, -0.25) is 4.79 Å². The Bertz CT molecular complexity index is 841. The predicted octanol–water partition coefficient (Wildman–Crippen LogP) is 3.41. The summed E-state index contributed by atoms with van der Waals surface area (Å²) in [6.45, 7) is 0. The number of nitrogens with two attached hydrogens (primary N) is 1. The summed E-state index contributed by atoms with van der Waals surface area (Å²) < 4.78 is 1.56. The van der Waals surface area contributed by atoms with Gasteiger partial charge in [0, 0.05) is 11.3 Å². The molecule has 3 aromatic rings. The Morgan fingerprint density at radius 3 is 2.57 bits per heavy atom. The lowest BCUT2D eigenvalue weighted by molar-refractivity contribution is 0.102. The van der Waals surface area contributed by atoms with Crippen LogP contribution in [0.3, 0.4) is 0 Å². The zero-order valence-corrected chi connectivity index (χ0v) is 13.2. The zero-order chi connectivity index (χ0) is 16.4. The number of anilines is 2. The molecule has 0 radical (unpaired) electrons. The first-order chi connectivity index (χ1) is 11.0. The van der Waals surface area contributed by atoms with E-state index in [0.717, 1.165) is 5.69 Å². The van der Waals surface area contributed by atoms with Gasteiger partial charge in [-0.25, -0.2) is 9.67 Å². The van der Waals surface area contributed by atoms with Gasteiger partial charge in [0.1, 0.15) is 12.7 Å². The summed E-state index contributed by atoms with van der Waals surface area (Å²) in [4.78, 5) is 16.2. The fraction of sp³-hybridized carbons (Fsp3) is 0. The van der Waals surface area contributed by atoms with Crippen molar-refractivity contribution in [3.8, 4) is 5.69 Å². The summed E-state index contributed by atoms with van der Waals surface area (Å²) in [6.07, 6.45) is 2.97. The Morgan fingerprint density at radius 2 is 1.91 bits per heavy atom. The molecule has 3 N–H and O–H groups in total. The number of halogens is 2. The number of nitrogens with zero attached hydrogens (tertiary/aromatic N) is 3. The molecule has 1 amide bonds. The second-order valence-electron chi connectivity index (χ2n) is 4.70. The topological polar surface area (TPSA) is 85.8 Å². The SMILES string of the molecule is Nc1c(Cl)cc(NC(=O)c2cccc(-n3cncn3)c2)cc1Cl. The minimum Gasteiger partial charge on any atom is -0.396 e. The number of rotatable bonds is 3. The van der Waals surface area contributed by atoms with Gasteiger partial charge >= 0.3 is 0 Å². The maximum absolute atomic E-state index is 12.4. The number of nitrogen functional groups attached to an aromatic ring is 1. The Kier molecular flexibility index (Phi) is 4.18. The summed E-state index contributed by atoms with van der Waals surface area (Å²) >= 11 is 11.9. The van der Waals surface area contributed by atoms with Crippen LogP contribution in [0.1, 0.15) is 10.4 Å². The third-order valence-electron chi connectivity index (χ3n) is 3.13. The Hall–Kier alpha value is -2.57. The second kappa shape index (κ2) is 6.28. The van der Waals surface area contributed by atoms with Crippen LogP contribution in [0.5, 0.6) is 0 Å². The van der Waals surface area contributed by atoms with Gasteiger partial charge in [-0.05, 0) is 30.3 Å². The van der Waals surface area contributed by atoms with Crippen molar-refractivity contribution in [2.75, 3.05) is 11.1 Å². The molecule has 1 aromatic heterocycles. The Morgan fingerprint density at radius 1 is 1.17 bits per heavy atom. The van der Waals surface area contributed by atoms with Gasteiger partial charge < -0.3 is 11.1 Å². The molecule has 0 saturated heterocycles. The quantitative estimate of drug-likeness (QED) is 0.711. The van der Waals surface area contributed by atoms with Crippen molar-refractivity contribution in [3.63, 3.8) is 0 Å². The number of aromatic nitrogens is 3. The van der Waals surface area contributed by atoms with Crippen LogP contribution in [-0.2, 0) is 0 Å². The minimum absolute atomic E-state index is 0.277. The highest BCUT2D eigenvalue weighted by molar-refractivity contribution is 6.39. The molecule has 0 aliphatic heterocycles. The number of benzene rings is 2. The van der Waals surface area contributed by atoms with Crippen molar-refractivity contribution >= 4 is 40.5 Å². The lowest BCUT2D eigenvalue weighted by Crippen LogP contribution is -2.12. The maximum Gasteiger partial charge on any atom is 0.255 e. The molecule has 2 aromatic carbocycles. The molecule has 0 fully saturated rings. The van der Waals surface area contributed by atoms with Crippen molar-refractivity contribution < 1.29 is 4.79 Å². The molecular formula is C15H11Cl2N5O. The lowest BCUT2D eigenvalue weighted by Gasteiger charge is -2.09. The van der Waals surface area contributed by atoms with E-state index in [2.05, 4.69) is 15.4 Å². The second-order valence-corrected chi connectivity index (χ2v) is 5.51. The summed E-state index contributed by atoms with van der Waals surface area (Å²) in [7, 11) is 0. The van der Waals surface area contributed by atoms with Crippen LogP contribution in [0.15, 0.2) is 49.1 Å². The fourth-order valence-electron chi connectivity index (χ4n) is 1.99. The van der Waals surface area contributed by atoms with E-state index in [1.807, 2.05) is 6.07 Å². The fourth-order valence-corrected chi connectivity index (χ4v) is 2.48. The van der Waals surface area contributed by atoms with Gasteiger partial charge in [0.15, 0.2) is 0 Å². The Balaban J connectivity index is 1.85. The first-order valence-corrected chi connectivity index (χ1v) is 7.31. The molecule has 3 rings (SSSR count). The standard InChI is InChI=1S/C15H11Cl2N5O/c16-12-5-10(6-13(17)14(12)18)21-15(23)9-2-1-3-11(4-9)22-8-19-7-20-22/h1-8H,18H2,(H,21,23). The zero-order valence-electron chi connectivity index (χ0n) is 11.7. The largest absolute Gasteiger partial charge is 0.396 e. The third kappa shape index (κ3) is 3.28. The monoisotopic (exact) mass is 347 g/mol. The van der Waals surface area contributed by atoms with Gasteiger partial charge in [-0.1, -0.05) is 29.3 Å². The van der Waals surface area contributed by atoms with Gasteiger partial charge in [0.05, 0.1) is 21.4 Å². The van der Waals surface area contributed by atoms with Crippen LogP contribution in [0.4, 0.5) is 11.4 Å². The predicted molar refractivity (Wildman–Crippen MR) is 90.2 cm³/mol. The number of nitrogens with one attached hydrogen (secondary N) is 1. The molecule has 0 aliphatic rings. The van der Waals surface area contributed by atoms with Crippen molar-refractivity contribution in [1.29, 1.82) is 0 Å². The van der Waals surface area contributed by atoms with E-state index in [1.165, 1.54) is 6.33 Å². The molecule has 0 unspecified atom stereocenters. The molecule has 1 heterocycles.